The first-order valence-corrected chi connectivity index (χ1v) is 7.77. The lowest BCUT2D eigenvalue weighted by Gasteiger charge is -2.25. The molecule has 1 aliphatic rings. The van der Waals surface area contributed by atoms with Gasteiger partial charge in [-0.25, -0.2) is 0 Å². The van der Waals surface area contributed by atoms with E-state index in [0.717, 1.165) is 12.2 Å². The van der Waals surface area contributed by atoms with Crippen molar-refractivity contribution in [3.8, 4) is 0 Å². The molecule has 0 aliphatic heterocycles. The van der Waals surface area contributed by atoms with E-state index in [1.165, 1.54) is 35.3 Å². The number of rotatable bonds is 6. The number of carbonyl (C=O) groups is 1. The number of hydrogen-bond donors (Lipinski definition) is 2. The molecule has 2 rings (SSSR count). The van der Waals surface area contributed by atoms with Crippen LogP contribution in [0.3, 0.4) is 0 Å². The van der Waals surface area contributed by atoms with E-state index in [1.807, 2.05) is 6.92 Å². The molecule has 0 bridgehead atoms. The first-order chi connectivity index (χ1) is 9.05. The molecule has 104 valence electrons. The number of nitrogens with one attached hydrogen (secondary N) is 1. The zero-order chi connectivity index (χ0) is 13.9. The summed E-state index contributed by atoms with van der Waals surface area (Å²) in [7, 11) is 1.78. The van der Waals surface area contributed by atoms with Crippen molar-refractivity contribution in [1.29, 1.82) is 0 Å². The molecule has 0 spiro atoms. The molecule has 0 aromatic heterocycles. The fraction of sp³-hybridized carbons (Fsp3) is 0.533. The van der Waals surface area contributed by atoms with E-state index in [9.17, 15) is 4.79 Å². The number of likely N-dealkylation sites (N-methyl/N-ethyl adjacent to an activating group) is 1. The van der Waals surface area contributed by atoms with Crippen LogP contribution in [0.2, 0.25) is 0 Å². The highest BCUT2D eigenvalue weighted by Gasteiger charge is 2.28. The summed E-state index contributed by atoms with van der Waals surface area (Å²) in [6, 6.07) is 6.74. The molecule has 3 nitrogen and oxygen atoms in total. The standard InChI is InChI=1S/C15H22N2OS/c1-15(17-2,14(16)18)8-9-19-13-7-6-11-4-3-5-12(11)10-13/h6-7,10,17H,3-5,8-9H2,1-2H3,(H2,16,18). The van der Waals surface area contributed by atoms with Crippen molar-refractivity contribution < 1.29 is 4.79 Å². The normalized spacial score (nSPS) is 16.9. The summed E-state index contributed by atoms with van der Waals surface area (Å²) < 4.78 is 0. The Hall–Kier alpha value is -1.00. The summed E-state index contributed by atoms with van der Waals surface area (Å²) in [5.41, 5.74) is 7.81. The molecule has 1 aromatic carbocycles. The molecule has 19 heavy (non-hydrogen) atoms. The van der Waals surface area contributed by atoms with Gasteiger partial charge in [0.25, 0.3) is 0 Å². The first-order valence-electron chi connectivity index (χ1n) is 6.78. The van der Waals surface area contributed by atoms with Gasteiger partial charge in [0.15, 0.2) is 0 Å². The minimum absolute atomic E-state index is 0.287. The third-order valence-corrected chi connectivity index (χ3v) is 5.03. The number of thioether (sulfide) groups is 1. The Bertz CT molecular complexity index is 475. The molecular weight excluding hydrogens is 256 g/mol. The van der Waals surface area contributed by atoms with Gasteiger partial charge in [0.05, 0.1) is 5.54 Å². The number of benzene rings is 1. The Morgan fingerprint density at radius 1 is 1.42 bits per heavy atom. The van der Waals surface area contributed by atoms with Crippen LogP contribution in [0.25, 0.3) is 0 Å². The zero-order valence-corrected chi connectivity index (χ0v) is 12.5. The van der Waals surface area contributed by atoms with E-state index >= 15 is 0 Å². The fourth-order valence-corrected chi connectivity index (χ4v) is 3.52. The minimum atomic E-state index is -0.607. The maximum absolute atomic E-state index is 11.4. The molecule has 0 saturated carbocycles. The predicted molar refractivity (Wildman–Crippen MR) is 80.5 cm³/mol. The number of aryl methyl sites for hydroxylation is 2. The summed E-state index contributed by atoms with van der Waals surface area (Å²) in [5, 5.41) is 3.02. The van der Waals surface area contributed by atoms with E-state index < -0.39 is 5.54 Å². The Balaban J connectivity index is 1.91. The molecule has 0 heterocycles. The highest BCUT2D eigenvalue weighted by molar-refractivity contribution is 7.99. The van der Waals surface area contributed by atoms with Crippen LogP contribution < -0.4 is 11.1 Å². The van der Waals surface area contributed by atoms with Gasteiger partial charge < -0.3 is 11.1 Å². The second kappa shape index (κ2) is 5.97. The number of amides is 1. The lowest BCUT2D eigenvalue weighted by atomic mass is 9.99. The molecule has 0 radical (unpaired) electrons. The van der Waals surface area contributed by atoms with Gasteiger partial charge in [-0.1, -0.05) is 6.07 Å². The molecule has 1 aliphatic carbocycles. The van der Waals surface area contributed by atoms with Gasteiger partial charge in [-0.3, -0.25) is 4.79 Å². The average molecular weight is 278 g/mol. The number of fused-ring (bicyclic) bond motifs is 1. The van der Waals surface area contributed by atoms with Crippen LogP contribution in [0.4, 0.5) is 0 Å². The summed E-state index contributed by atoms with van der Waals surface area (Å²) in [5.74, 6) is 0.601. The van der Waals surface area contributed by atoms with E-state index in [-0.39, 0.29) is 5.91 Å². The van der Waals surface area contributed by atoms with Crippen LogP contribution in [0.5, 0.6) is 0 Å². The molecular formula is C15H22N2OS. The molecule has 0 saturated heterocycles. The number of carbonyl (C=O) groups excluding carboxylic acids is 1. The summed E-state index contributed by atoms with van der Waals surface area (Å²) in [6.07, 6.45) is 4.45. The van der Waals surface area contributed by atoms with Crippen molar-refractivity contribution in [3.63, 3.8) is 0 Å². The van der Waals surface area contributed by atoms with Crippen molar-refractivity contribution in [2.45, 2.75) is 43.0 Å². The van der Waals surface area contributed by atoms with Crippen molar-refractivity contribution in [3.05, 3.63) is 29.3 Å². The lowest BCUT2D eigenvalue weighted by molar-refractivity contribution is -0.123. The topological polar surface area (TPSA) is 55.1 Å². The second-order valence-corrected chi connectivity index (χ2v) is 6.50. The van der Waals surface area contributed by atoms with Gasteiger partial charge in [0, 0.05) is 10.6 Å². The monoisotopic (exact) mass is 278 g/mol. The number of primary amides is 1. The van der Waals surface area contributed by atoms with Crippen molar-refractivity contribution in [1.82, 2.24) is 5.32 Å². The van der Waals surface area contributed by atoms with Crippen LogP contribution in [0.1, 0.15) is 30.9 Å². The molecule has 1 atom stereocenters. The van der Waals surface area contributed by atoms with Crippen LogP contribution in [0.15, 0.2) is 23.1 Å². The van der Waals surface area contributed by atoms with E-state index in [1.54, 1.807) is 18.8 Å². The Kier molecular flexibility index (Phi) is 4.53. The van der Waals surface area contributed by atoms with Gasteiger partial charge in [-0.05, 0) is 62.9 Å². The Morgan fingerprint density at radius 3 is 2.84 bits per heavy atom. The smallest absolute Gasteiger partial charge is 0.237 e. The summed E-state index contributed by atoms with van der Waals surface area (Å²) in [4.78, 5) is 12.7. The van der Waals surface area contributed by atoms with Gasteiger partial charge in [-0.2, -0.15) is 0 Å². The van der Waals surface area contributed by atoms with E-state index in [2.05, 4.69) is 23.5 Å². The van der Waals surface area contributed by atoms with Gasteiger partial charge in [0.1, 0.15) is 0 Å². The SMILES string of the molecule is CNC(C)(CCSc1ccc2c(c1)CCC2)C(N)=O. The average Bonchev–Trinajstić information content (AvgIpc) is 2.85. The van der Waals surface area contributed by atoms with Crippen LogP contribution in [0, 0.1) is 0 Å². The molecule has 1 amide bonds. The highest BCUT2D eigenvalue weighted by atomic mass is 32.2. The molecule has 1 unspecified atom stereocenters. The Morgan fingerprint density at radius 2 is 2.16 bits per heavy atom. The van der Waals surface area contributed by atoms with Crippen LogP contribution in [-0.4, -0.2) is 24.2 Å². The van der Waals surface area contributed by atoms with Gasteiger partial charge in [-0.15, -0.1) is 11.8 Å². The quantitative estimate of drug-likeness (QED) is 0.784. The third-order valence-electron chi connectivity index (χ3n) is 4.04. The van der Waals surface area contributed by atoms with Gasteiger partial charge in [0.2, 0.25) is 5.91 Å². The van der Waals surface area contributed by atoms with Crippen LogP contribution in [-0.2, 0) is 17.6 Å². The van der Waals surface area contributed by atoms with Crippen LogP contribution >= 0.6 is 11.8 Å². The zero-order valence-electron chi connectivity index (χ0n) is 11.7. The first kappa shape index (κ1) is 14.4. The largest absolute Gasteiger partial charge is 0.368 e. The van der Waals surface area contributed by atoms with Gasteiger partial charge >= 0.3 is 0 Å². The second-order valence-electron chi connectivity index (χ2n) is 5.33. The minimum Gasteiger partial charge on any atom is -0.368 e. The summed E-state index contributed by atoms with van der Waals surface area (Å²) in [6.45, 7) is 1.86. The number of hydrogen-bond acceptors (Lipinski definition) is 3. The summed E-state index contributed by atoms with van der Waals surface area (Å²) >= 11 is 1.80. The molecule has 1 aromatic rings. The molecule has 0 fully saturated rings. The maximum atomic E-state index is 11.4. The van der Waals surface area contributed by atoms with Crippen molar-refractivity contribution in [2.24, 2.45) is 5.73 Å². The highest BCUT2D eigenvalue weighted by Crippen LogP contribution is 2.28. The van der Waals surface area contributed by atoms with E-state index in [0.29, 0.717) is 0 Å². The lowest BCUT2D eigenvalue weighted by Crippen LogP contribution is -2.51. The number of nitrogens with two attached hydrogens (primary N) is 1. The molecule has 3 N–H and O–H groups in total. The Labute approximate surface area is 119 Å². The molecule has 4 heteroatoms. The van der Waals surface area contributed by atoms with E-state index in [4.69, 9.17) is 5.73 Å². The maximum Gasteiger partial charge on any atom is 0.237 e. The van der Waals surface area contributed by atoms with Crippen molar-refractivity contribution >= 4 is 17.7 Å². The van der Waals surface area contributed by atoms with Crippen molar-refractivity contribution in [2.75, 3.05) is 12.8 Å². The predicted octanol–water partition coefficient (Wildman–Crippen LogP) is 2.12. The fourth-order valence-electron chi connectivity index (χ4n) is 2.38. The third kappa shape index (κ3) is 3.31.